The lowest BCUT2D eigenvalue weighted by atomic mass is 10.2. The van der Waals surface area contributed by atoms with Crippen LogP contribution < -0.4 is 5.32 Å². The van der Waals surface area contributed by atoms with Crippen LogP contribution in [-0.2, 0) is 11.2 Å². The third-order valence-corrected chi connectivity index (χ3v) is 2.74. The van der Waals surface area contributed by atoms with Gasteiger partial charge in [0.25, 0.3) is 0 Å². The lowest BCUT2D eigenvalue weighted by molar-refractivity contribution is 0.110. The largest absolute Gasteiger partial charge is 0.377 e. The molecule has 0 bridgehead atoms. The summed E-state index contributed by atoms with van der Waals surface area (Å²) in [5, 5.41) is 3.43. The molecule has 0 saturated carbocycles. The van der Waals surface area contributed by atoms with Crippen LogP contribution in [0.4, 0.5) is 0 Å². The molecule has 1 aliphatic heterocycles. The zero-order chi connectivity index (χ0) is 10.3. The van der Waals surface area contributed by atoms with Crippen LogP contribution in [-0.4, -0.2) is 30.8 Å². The van der Waals surface area contributed by atoms with Crippen molar-refractivity contribution in [2.24, 2.45) is 0 Å². The first kappa shape index (κ1) is 10.6. The molecule has 0 radical (unpaired) electrons. The molecule has 0 unspecified atom stereocenters. The van der Waals surface area contributed by atoms with Gasteiger partial charge >= 0.3 is 0 Å². The Kier molecular flexibility index (Phi) is 4.11. The normalized spacial score (nSPS) is 20.7. The Hall–Kier alpha value is -0.930. The summed E-state index contributed by atoms with van der Waals surface area (Å²) in [6.45, 7) is 2.95. The standard InChI is InChI=1S/C12H18N2O/c1-2-12(15-9-1)10-14-8-5-11-3-6-13-7-4-11/h3-4,6-7,12,14H,1-2,5,8-10H2/t12-/m1/s1. The molecule has 1 fully saturated rings. The van der Waals surface area contributed by atoms with E-state index >= 15 is 0 Å². The number of nitrogens with one attached hydrogen (secondary N) is 1. The van der Waals surface area contributed by atoms with Crippen molar-refractivity contribution >= 4 is 0 Å². The molecule has 82 valence electrons. The summed E-state index contributed by atoms with van der Waals surface area (Å²) < 4.78 is 5.53. The van der Waals surface area contributed by atoms with E-state index in [0.717, 1.165) is 26.1 Å². The third kappa shape index (κ3) is 3.61. The Balaban J connectivity index is 1.59. The summed E-state index contributed by atoms with van der Waals surface area (Å²) in [6, 6.07) is 4.13. The fourth-order valence-corrected chi connectivity index (χ4v) is 1.85. The van der Waals surface area contributed by atoms with E-state index in [4.69, 9.17) is 4.74 Å². The van der Waals surface area contributed by atoms with E-state index in [1.807, 2.05) is 12.4 Å². The van der Waals surface area contributed by atoms with Crippen LogP contribution in [0, 0.1) is 0 Å². The number of hydrogen-bond acceptors (Lipinski definition) is 3. The first-order valence-corrected chi connectivity index (χ1v) is 5.66. The zero-order valence-electron chi connectivity index (χ0n) is 8.98. The number of ether oxygens (including phenoxy) is 1. The number of pyridine rings is 1. The summed E-state index contributed by atoms with van der Waals surface area (Å²) in [6.07, 6.45) is 7.63. The van der Waals surface area contributed by atoms with Crippen molar-refractivity contribution in [2.45, 2.75) is 25.4 Å². The molecule has 1 aromatic rings. The molecule has 0 spiro atoms. The Morgan fingerprint density at radius 1 is 1.40 bits per heavy atom. The Morgan fingerprint density at radius 2 is 2.27 bits per heavy atom. The topological polar surface area (TPSA) is 34.1 Å². The van der Waals surface area contributed by atoms with Crippen molar-refractivity contribution in [3.63, 3.8) is 0 Å². The van der Waals surface area contributed by atoms with E-state index in [2.05, 4.69) is 22.4 Å². The van der Waals surface area contributed by atoms with Gasteiger partial charge in [0, 0.05) is 25.5 Å². The summed E-state index contributed by atoms with van der Waals surface area (Å²) >= 11 is 0. The van der Waals surface area contributed by atoms with E-state index in [1.54, 1.807) is 0 Å². The fourth-order valence-electron chi connectivity index (χ4n) is 1.85. The predicted octanol–water partition coefficient (Wildman–Crippen LogP) is 1.39. The summed E-state index contributed by atoms with van der Waals surface area (Å²) in [5.74, 6) is 0. The first-order chi connectivity index (χ1) is 7.45. The van der Waals surface area contributed by atoms with Gasteiger partial charge in [0.05, 0.1) is 6.10 Å². The lowest BCUT2D eigenvalue weighted by Gasteiger charge is -2.10. The average Bonchev–Trinajstić information content (AvgIpc) is 2.79. The SMILES string of the molecule is c1cc(CCNC[C@H]2CCCO2)ccn1. The Labute approximate surface area is 90.9 Å². The molecular weight excluding hydrogens is 188 g/mol. The third-order valence-electron chi connectivity index (χ3n) is 2.74. The minimum atomic E-state index is 0.447. The zero-order valence-corrected chi connectivity index (χ0v) is 8.98. The second-order valence-electron chi connectivity index (χ2n) is 3.94. The molecule has 0 aliphatic carbocycles. The van der Waals surface area contributed by atoms with Crippen molar-refractivity contribution < 1.29 is 4.74 Å². The van der Waals surface area contributed by atoms with Crippen LogP contribution >= 0.6 is 0 Å². The second kappa shape index (κ2) is 5.83. The van der Waals surface area contributed by atoms with Gasteiger partial charge in [-0.1, -0.05) is 0 Å². The van der Waals surface area contributed by atoms with E-state index < -0.39 is 0 Å². The molecule has 0 aromatic carbocycles. The summed E-state index contributed by atoms with van der Waals surface area (Å²) in [5.41, 5.74) is 1.34. The molecule has 1 atom stereocenters. The molecule has 3 nitrogen and oxygen atoms in total. The van der Waals surface area contributed by atoms with Crippen LogP contribution in [0.1, 0.15) is 18.4 Å². The van der Waals surface area contributed by atoms with Crippen molar-refractivity contribution in [2.75, 3.05) is 19.7 Å². The van der Waals surface area contributed by atoms with Crippen LogP contribution in [0.5, 0.6) is 0 Å². The van der Waals surface area contributed by atoms with Gasteiger partial charge in [0.2, 0.25) is 0 Å². The lowest BCUT2D eigenvalue weighted by Crippen LogP contribution is -2.27. The summed E-state index contributed by atoms with van der Waals surface area (Å²) in [4.78, 5) is 4.00. The van der Waals surface area contributed by atoms with Crippen LogP contribution in [0.3, 0.4) is 0 Å². The molecule has 1 aromatic heterocycles. The molecule has 3 heteroatoms. The number of rotatable bonds is 5. The molecule has 1 N–H and O–H groups in total. The van der Waals surface area contributed by atoms with Crippen molar-refractivity contribution in [1.29, 1.82) is 0 Å². The second-order valence-corrected chi connectivity index (χ2v) is 3.94. The van der Waals surface area contributed by atoms with E-state index in [1.165, 1.54) is 18.4 Å². The molecule has 1 saturated heterocycles. The summed E-state index contributed by atoms with van der Waals surface area (Å²) in [7, 11) is 0. The number of hydrogen-bond donors (Lipinski definition) is 1. The highest BCUT2D eigenvalue weighted by atomic mass is 16.5. The highest BCUT2D eigenvalue weighted by Gasteiger charge is 2.13. The van der Waals surface area contributed by atoms with Crippen molar-refractivity contribution in [3.8, 4) is 0 Å². The predicted molar refractivity (Wildman–Crippen MR) is 59.8 cm³/mol. The van der Waals surface area contributed by atoms with Gasteiger partial charge in [-0.3, -0.25) is 4.98 Å². The molecule has 2 rings (SSSR count). The Morgan fingerprint density at radius 3 is 3.00 bits per heavy atom. The molecule has 1 aliphatic rings. The van der Waals surface area contributed by atoms with Gasteiger partial charge in [-0.2, -0.15) is 0 Å². The van der Waals surface area contributed by atoms with E-state index in [-0.39, 0.29) is 0 Å². The number of nitrogens with zero attached hydrogens (tertiary/aromatic N) is 1. The first-order valence-electron chi connectivity index (χ1n) is 5.66. The van der Waals surface area contributed by atoms with E-state index in [0.29, 0.717) is 6.10 Å². The quantitative estimate of drug-likeness (QED) is 0.739. The van der Waals surface area contributed by atoms with E-state index in [9.17, 15) is 0 Å². The average molecular weight is 206 g/mol. The maximum Gasteiger partial charge on any atom is 0.0700 e. The number of aromatic nitrogens is 1. The smallest absolute Gasteiger partial charge is 0.0700 e. The van der Waals surface area contributed by atoms with Gasteiger partial charge in [-0.15, -0.1) is 0 Å². The van der Waals surface area contributed by atoms with Gasteiger partial charge in [0.15, 0.2) is 0 Å². The maximum atomic E-state index is 5.53. The highest BCUT2D eigenvalue weighted by molar-refractivity contribution is 5.09. The van der Waals surface area contributed by atoms with Gasteiger partial charge in [-0.25, -0.2) is 0 Å². The molecule has 2 heterocycles. The van der Waals surface area contributed by atoms with Crippen LogP contribution in [0.25, 0.3) is 0 Å². The maximum absolute atomic E-state index is 5.53. The fraction of sp³-hybridized carbons (Fsp3) is 0.583. The van der Waals surface area contributed by atoms with Gasteiger partial charge in [-0.05, 0) is 43.5 Å². The minimum absolute atomic E-state index is 0.447. The monoisotopic (exact) mass is 206 g/mol. The van der Waals surface area contributed by atoms with Crippen LogP contribution in [0.2, 0.25) is 0 Å². The van der Waals surface area contributed by atoms with Gasteiger partial charge < -0.3 is 10.1 Å². The Bertz CT molecular complexity index is 270. The van der Waals surface area contributed by atoms with Crippen molar-refractivity contribution in [3.05, 3.63) is 30.1 Å². The minimum Gasteiger partial charge on any atom is -0.377 e. The van der Waals surface area contributed by atoms with Crippen LogP contribution in [0.15, 0.2) is 24.5 Å². The highest BCUT2D eigenvalue weighted by Crippen LogP contribution is 2.10. The molecular formula is C12H18N2O. The molecule has 15 heavy (non-hydrogen) atoms. The van der Waals surface area contributed by atoms with Crippen molar-refractivity contribution in [1.82, 2.24) is 10.3 Å². The van der Waals surface area contributed by atoms with Gasteiger partial charge in [0.1, 0.15) is 0 Å². The molecule has 0 amide bonds.